The lowest BCUT2D eigenvalue weighted by Crippen LogP contribution is -2.25. The molecule has 3 N–H and O–H groups in total. The number of aliphatic carboxylic acids is 1. The molecule has 3 aromatic rings. The van der Waals surface area contributed by atoms with Crippen molar-refractivity contribution < 1.29 is 24.2 Å². The molecule has 1 aliphatic carbocycles. The minimum atomic E-state index is -0.882. The third-order valence-corrected chi connectivity index (χ3v) is 7.20. The van der Waals surface area contributed by atoms with Gasteiger partial charge in [-0.05, 0) is 22.3 Å². The summed E-state index contributed by atoms with van der Waals surface area (Å²) in [5, 5.41) is 14.6. The number of amides is 2. The average Bonchev–Trinajstić information content (AvgIpc) is 3.44. The second-order valence-corrected chi connectivity index (χ2v) is 9.72. The van der Waals surface area contributed by atoms with Crippen LogP contribution in [0.1, 0.15) is 31.7 Å². The Kier molecular flexibility index (Phi) is 7.81. The third kappa shape index (κ3) is 5.75. The van der Waals surface area contributed by atoms with E-state index in [9.17, 15) is 14.4 Å². The van der Waals surface area contributed by atoms with E-state index >= 15 is 0 Å². The van der Waals surface area contributed by atoms with Crippen LogP contribution in [-0.2, 0) is 16.1 Å². The van der Waals surface area contributed by atoms with Gasteiger partial charge in [-0.15, -0.1) is 23.1 Å². The van der Waals surface area contributed by atoms with Crippen molar-refractivity contribution in [3.63, 3.8) is 0 Å². The van der Waals surface area contributed by atoms with E-state index < -0.39 is 12.1 Å². The molecule has 0 saturated heterocycles. The zero-order chi connectivity index (χ0) is 23.9. The SMILES string of the molecule is O=C(O)CSCCNC(=O)c1cnc(CNC(=O)OCC2c3ccccc3-c3ccccc32)s1. The van der Waals surface area contributed by atoms with Crippen molar-refractivity contribution in [2.75, 3.05) is 24.7 Å². The molecule has 10 heteroatoms. The lowest BCUT2D eigenvalue weighted by molar-refractivity contribution is -0.133. The van der Waals surface area contributed by atoms with Crippen LogP contribution in [0.15, 0.2) is 54.7 Å². The van der Waals surface area contributed by atoms with Crippen molar-refractivity contribution in [1.29, 1.82) is 0 Å². The van der Waals surface area contributed by atoms with Crippen LogP contribution in [-0.4, -0.2) is 52.7 Å². The fourth-order valence-corrected chi connectivity index (χ4v) is 5.12. The lowest BCUT2D eigenvalue weighted by atomic mass is 9.98. The normalized spacial score (nSPS) is 12.0. The van der Waals surface area contributed by atoms with Crippen LogP contribution in [0.4, 0.5) is 4.79 Å². The topological polar surface area (TPSA) is 118 Å². The number of thioether (sulfide) groups is 1. The number of hydrogen-bond acceptors (Lipinski definition) is 7. The van der Waals surface area contributed by atoms with Crippen molar-refractivity contribution in [3.8, 4) is 11.1 Å². The monoisotopic (exact) mass is 497 g/mol. The number of carboxylic acid groups (broad SMARTS) is 1. The molecular formula is C24H23N3O5S2. The summed E-state index contributed by atoms with van der Waals surface area (Å²) >= 11 is 2.42. The summed E-state index contributed by atoms with van der Waals surface area (Å²) in [5.41, 5.74) is 4.63. The molecule has 0 saturated carbocycles. The Morgan fingerprint density at radius 1 is 1.03 bits per heavy atom. The van der Waals surface area contributed by atoms with Gasteiger partial charge in [-0.25, -0.2) is 9.78 Å². The summed E-state index contributed by atoms with van der Waals surface area (Å²) in [6.07, 6.45) is 0.914. The molecule has 0 spiro atoms. The van der Waals surface area contributed by atoms with Gasteiger partial charge in [-0.3, -0.25) is 9.59 Å². The second-order valence-electron chi connectivity index (χ2n) is 7.50. The van der Waals surface area contributed by atoms with Crippen molar-refractivity contribution in [1.82, 2.24) is 15.6 Å². The van der Waals surface area contributed by atoms with E-state index in [2.05, 4.69) is 39.9 Å². The Morgan fingerprint density at radius 3 is 2.38 bits per heavy atom. The maximum Gasteiger partial charge on any atom is 0.407 e. The van der Waals surface area contributed by atoms with Gasteiger partial charge in [0.2, 0.25) is 0 Å². The quantitative estimate of drug-likeness (QED) is 0.365. The highest BCUT2D eigenvalue weighted by atomic mass is 32.2. The fraction of sp³-hybridized carbons (Fsp3) is 0.250. The molecule has 4 rings (SSSR count). The molecule has 1 aliphatic rings. The van der Waals surface area contributed by atoms with Gasteiger partial charge in [-0.2, -0.15) is 0 Å². The summed E-state index contributed by atoms with van der Waals surface area (Å²) in [4.78, 5) is 39.6. The summed E-state index contributed by atoms with van der Waals surface area (Å²) < 4.78 is 5.51. The first-order valence-electron chi connectivity index (χ1n) is 10.6. The molecule has 1 heterocycles. The molecular weight excluding hydrogens is 474 g/mol. The molecule has 176 valence electrons. The standard InChI is InChI=1S/C24H23N3O5S2/c28-22(29)14-33-10-9-25-23(30)20-11-26-21(34-20)12-27-24(31)32-13-19-17-7-3-1-5-15(17)16-6-2-4-8-18(16)19/h1-8,11,19H,9-10,12-14H2,(H,25,30)(H,27,31)(H,28,29). The Morgan fingerprint density at radius 2 is 1.71 bits per heavy atom. The highest BCUT2D eigenvalue weighted by Gasteiger charge is 2.29. The molecule has 2 aromatic carbocycles. The minimum Gasteiger partial charge on any atom is -0.481 e. The number of nitrogens with one attached hydrogen (secondary N) is 2. The van der Waals surface area contributed by atoms with Crippen molar-refractivity contribution in [2.45, 2.75) is 12.5 Å². The average molecular weight is 498 g/mol. The van der Waals surface area contributed by atoms with Crippen LogP contribution < -0.4 is 10.6 Å². The van der Waals surface area contributed by atoms with Gasteiger partial charge in [0.15, 0.2) is 0 Å². The predicted octanol–water partition coefficient (Wildman–Crippen LogP) is 3.73. The lowest BCUT2D eigenvalue weighted by Gasteiger charge is -2.14. The number of fused-ring (bicyclic) bond motifs is 3. The van der Waals surface area contributed by atoms with Crippen LogP contribution in [0, 0.1) is 0 Å². The Bertz CT molecular complexity index is 1150. The molecule has 0 unspecified atom stereocenters. The third-order valence-electron chi connectivity index (χ3n) is 5.26. The molecule has 2 amide bonds. The molecule has 0 fully saturated rings. The largest absolute Gasteiger partial charge is 0.481 e. The number of hydrogen-bond donors (Lipinski definition) is 3. The number of thiazole rings is 1. The Balaban J connectivity index is 1.24. The first-order valence-corrected chi connectivity index (χ1v) is 12.6. The number of nitrogens with zero attached hydrogens (tertiary/aromatic N) is 1. The highest BCUT2D eigenvalue weighted by molar-refractivity contribution is 7.99. The fourth-order valence-electron chi connectivity index (χ4n) is 3.78. The molecule has 1 aromatic heterocycles. The van der Waals surface area contributed by atoms with Crippen LogP contribution >= 0.6 is 23.1 Å². The molecule has 0 atom stereocenters. The van der Waals surface area contributed by atoms with Gasteiger partial charge < -0.3 is 20.5 Å². The van der Waals surface area contributed by atoms with Crippen LogP contribution in [0.2, 0.25) is 0 Å². The molecule has 0 aliphatic heterocycles. The Hall–Kier alpha value is -3.37. The maximum atomic E-state index is 12.3. The summed E-state index contributed by atoms with van der Waals surface area (Å²) in [7, 11) is 0. The van der Waals surface area contributed by atoms with Gasteiger partial charge in [0.05, 0.1) is 18.5 Å². The van der Waals surface area contributed by atoms with E-state index in [4.69, 9.17) is 9.84 Å². The maximum absolute atomic E-state index is 12.3. The van der Waals surface area contributed by atoms with E-state index in [0.29, 0.717) is 22.2 Å². The molecule has 8 nitrogen and oxygen atoms in total. The number of benzene rings is 2. The van der Waals surface area contributed by atoms with Crippen LogP contribution in [0.3, 0.4) is 0 Å². The number of aromatic nitrogens is 1. The van der Waals surface area contributed by atoms with E-state index in [0.717, 1.165) is 11.1 Å². The van der Waals surface area contributed by atoms with E-state index in [-0.39, 0.29) is 30.7 Å². The first kappa shape index (κ1) is 23.8. The molecule has 0 radical (unpaired) electrons. The Labute approximate surface area is 204 Å². The van der Waals surface area contributed by atoms with Crippen molar-refractivity contribution in [3.05, 3.63) is 75.7 Å². The van der Waals surface area contributed by atoms with Crippen LogP contribution in [0.25, 0.3) is 11.1 Å². The van der Waals surface area contributed by atoms with E-state index in [1.807, 2.05) is 24.3 Å². The predicted molar refractivity (Wildman–Crippen MR) is 131 cm³/mol. The number of carbonyl (C=O) groups is 3. The van der Waals surface area contributed by atoms with Gasteiger partial charge in [0.1, 0.15) is 16.5 Å². The van der Waals surface area contributed by atoms with Gasteiger partial charge in [-0.1, -0.05) is 48.5 Å². The van der Waals surface area contributed by atoms with Gasteiger partial charge >= 0.3 is 12.1 Å². The van der Waals surface area contributed by atoms with Gasteiger partial charge in [0, 0.05) is 18.2 Å². The van der Waals surface area contributed by atoms with E-state index in [1.165, 1.54) is 40.4 Å². The number of carboxylic acids is 1. The summed E-state index contributed by atoms with van der Waals surface area (Å²) in [6.45, 7) is 0.746. The van der Waals surface area contributed by atoms with Crippen molar-refractivity contribution in [2.24, 2.45) is 0 Å². The number of rotatable bonds is 10. The van der Waals surface area contributed by atoms with Crippen LogP contribution in [0.5, 0.6) is 0 Å². The number of carbonyl (C=O) groups excluding carboxylic acids is 2. The molecule has 0 bridgehead atoms. The minimum absolute atomic E-state index is 0.00210. The zero-order valence-electron chi connectivity index (χ0n) is 18.2. The number of alkyl carbamates (subject to hydrolysis) is 1. The first-order chi connectivity index (χ1) is 16.5. The van der Waals surface area contributed by atoms with Gasteiger partial charge in [0.25, 0.3) is 5.91 Å². The van der Waals surface area contributed by atoms with Crippen molar-refractivity contribution >= 4 is 41.1 Å². The smallest absolute Gasteiger partial charge is 0.407 e. The summed E-state index contributed by atoms with van der Waals surface area (Å²) in [5.74, 6) is -0.662. The molecule has 34 heavy (non-hydrogen) atoms. The van der Waals surface area contributed by atoms with E-state index in [1.54, 1.807) is 0 Å². The highest BCUT2D eigenvalue weighted by Crippen LogP contribution is 2.44. The zero-order valence-corrected chi connectivity index (χ0v) is 19.8. The summed E-state index contributed by atoms with van der Waals surface area (Å²) in [6, 6.07) is 16.3. The number of ether oxygens (including phenoxy) is 1. The second kappa shape index (κ2) is 11.2.